The first kappa shape index (κ1) is 21.1. The minimum absolute atomic E-state index is 0.0859. The van der Waals surface area contributed by atoms with Crippen molar-refractivity contribution in [3.8, 4) is 5.75 Å². The van der Waals surface area contributed by atoms with Crippen LogP contribution in [-0.2, 0) is 0 Å². The summed E-state index contributed by atoms with van der Waals surface area (Å²) in [6.45, 7) is 2.49. The van der Waals surface area contributed by atoms with E-state index in [1.54, 1.807) is 33.8 Å². The Hall–Kier alpha value is -3.11. The second-order valence-corrected chi connectivity index (χ2v) is 7.31. The van der Waals surface area contributed by atoms with Crippen molar-refractivity contribution < 1.29 is 27.8 Å². The molecule has 1 saturated heterocycles. The molecule has 1 aromatic carbocycles. The van der Waals surface area contributed by atoms with Gasteiger partial charge in [-0.25, -0.2) is 4.98 Å². The fourth-order valence-corrected chi connectivity index (χ4v) is 3.66. The van der Waals surface area contributed by atoms with Gasteiger partial charge in [-0.15, -0.1) is 13.2 Å². The van der Waals surface area contributed by atoms with Crippen molar-refractivity contribution in [3.05, 3.63) is 66.1 Å². The van der Waals surface area contributed by atoms with Crippen LogP contribution in [0, 0.1) is 0 Å². The molecule has 0 spiro atoms. The summed E-state index contributed by atoms with van der Waals surface area (Å²) in [6, 6.07) is 8.75. The number of fused-ring (bicyclic) bond motifs is 1. The van der Waals surface area contributed by atoms with Crippen LogP contribution in [0.1, 0.15) is 22.0 Å². The Kier molecular flexibility index (Phi) is 5.84. The number of aliphatic hydroxyl groups excluding tert-OH is 1. The molecule has 1 unspecified atom stereocenters. The monoisotopic (exact) mass is 434 g/mol. The van der Waals surface area contributed by atoms with Crippen molar-refractivity contribution in [3.63, 3.8) is 0 Å². The van der Waals surface area contributed by atoms with E-state index in [2.05, 4.69) is 9.72 Å². The molecular weight excluding hydrogens is 413 g/mol. The Morgan fingerprint density at radius 1 is 1.10 bits per heavy atom. The van der Waals surface area contributed by atoms with Gasteiger partial charge < -0.3 is 19.1 Å². The molecule has 1 amide bonds. The van der Waals surface area contributed by atoms with Gasteiger partial charge in [0.1, 0.15) is 11.4 Å². The number of alkyl halides is 3. The number of aliphatic hydroxyl groups is 1. The van der Waals surface area contributed by atoms with Gasteiger partial charge in [-0.1, -0.05) is 12.1 Å². The highest BCUT2D eigenvalue weighted by Crippen LogP contribution is 2.25. The summed E-state index contributed by atoms with van der Waals surface area (Å²) in [4.78, 5) is 20.9. The van der Waals surface area contributed by atoms with Crippen molar-refractivity contribution in [2.45, 2.75) is 12.5 Å². The summed E-state index contributed by atoms with van der Waals surface area (Å²) in [6.07, 6.45) is -0.345. The largest absolute Gasteiger partial charge is 0.573 e. The average molecular weight is 434 g/mol. The topological polar surface area (TPSA) is 70.3 Å². The first-order valence-electron chi connectivity index (χ1n) is 9.77. The van der Waals surface area contributed by atoms with Gasteiger partial charge in [-0.2, -0.15) is 0 Å². The number of nitrogens with zero attached hydrogens (tertiary/aromatic N) is 4. The maximum atomic E-state index is 12.9. The number of piperazine rings is 1. The zero-order chi connectivity index (χ0) is 22.0. The number of benzene rings is 1. The third-order valence-corrected chi connectivity index (χ3v) is 5.24. The second-order valence-electron chi connectivity index (χ2n) is 7.31. The molecule has 0 bridgehead atoms. The summed E-state index contributed by atoms with van der Waals surface area (Å²) in [7, 11) is 0. The number of hydrogen-bond donors (Lipinski definition) is 1. The highest BCUT2D eigenvalue weighted by atomic mass is 19.4. The Labute approximate surface area is 176 Å². The lowest BCUT2D eigenvalue weighted by atomic mass is 10.1. The van der Waals surface area contributed by atoms with Crippen LogP contribution in [0.2, 0.25) is 0 Å². The first-order valence-corrected chi connectivity index (χ1v) is 9.77. The van der Waals surface area contributed by atoms with Crippen LogP contribution < -0.4 is 4.74 Å². The van der Waals surface area contributed by atoms with Crippen LogP contribution in [0.3, 0.4) is 0 Å². The van der Waals surface area contributed by atoms with E-state index in [9.17, 15) is 23.1 Å². The zero-order valence-electron chi connectivity index (χ0n) is 16.5. The van der Waals surface area contributed by atoms with Gasteiger partial charge in [0.15, 0.2) is 0 Å². The van der Waals surface area contributed by atoms with E-state index in [4.69, 9.17) is 0 Å². The minimum Gasteiger partial charge on any atom is -0.406 e. The molecule has 31 heavy (non-hydrogen) atoms. The first-order chi connectivity index (χ1) is 14.8. The lowest BCUT2D eigenvalue weighted by Gasteiger charge is -2.35. The highest BCUT2D eigenvalue weighted by molar-refractivity contribution is 5.99. The number of amides is 1. The maximum absolute atomic E-state index is 12.9. The van der Waals surface area contributed by atoms with E-state index >= 15 is 0 Å². The highest BCUT2D eigenvalue weighted by Gasteiger charge is 2.31. The number of halogens is 3. The molecule has 7 nitrogen and oxygen atoms in total. The molecule has 3 aromatic rings. The summed E-state index contributed by atoms with van der Waals surface area (Å²) >= 11 is 0. The fourth-order valence-electron chi connectivity index (χ4n) is 3.66. The predicted octanol–water partition coefficient (Wildman–Crippen LogP) is 2.72. The van der Waals surface area contributed by atoms with Gasteiger partial charge in [0.2, 0.25) is 0 Å². The SMILES string of the molecule is O=C(c1cccn2ccnc12)N1CCN(CC(O)c2ccc(OC(F)(F)F)cc2)CC1. The number of carbonyl (C=O) groups excluding carboxylic acids is 1. The Bertz CT molecular complexity index is 1040. The number of pyridine rings is 1. The molecule has 0 radical (unpaired) electrons. The van der Waals surface area contributed by atoms with Crippen LogP contribution in [0.15, 0.2) is 55.0 Å². The van der Waals surface area contributed by atoms with E-state index < -0.39 is 12.5 Å². The average Bonchev–Trinajstić information content (AvgIpc) is 3.22. The van der Waals surface area contributed by atoms with Gasteiger partial charge in [0, 0.05) is 51.3 Å². The molecule has 1 aliphatic rings. The summed E-state index contributed by atoms with van der Waals surface area (Å²) in [5, 5.41) is 10.4. The molecule has 1 atom stereocenters. The van der Waals surface area contributed by atoms with Crippen LogP contribution >= 0.6 is 0 Å². The Morgan fingerprint density at radius 3 is 2.48 bits per heavy atom. The number of carbonyl (C=O) groups is 1. The third kappa shape index (κ3) is 4.97. The number of β-amino-alcohol motifs (C(OH)–C–C–N with tert-alkyl or cyclic N) is 1. The molecule has 0 saturated carbocycles. The minimum atomic E-state index is -4.75. The normalized spacial score (nSPS) is 16.5. The predicted molar refractivity (Wildman–Crippen MR) is 106 cm³/mol. The standard InChI is InChI=1S/C21H21F3N4O3/c22-21(23,24)31-16-5-3-15(4-6-16)18(29)14-26-10-12-28(13-11-26)20(30)17-2-1-8-27-9-7-25-19(17)27/h1-9,18,29H,10-14H2. The van der Waals surface area contributed by atoms with Gasteiger partial charge >= 0.3 is 6.36 Å². The second kappa shape index (κ2) is 8.56. The van der Waals surface area contributed by atoms with Crippen molar-refractivity contribution in [1.82, 2.24) is 19.2 Å². The van der Waals surface area contributed by atoms with Crippen molar-refractivity contribution in [1.29, 1.82) is 0 Å². The number of rotatable bonds is 5. The quantitative estimate of drug-likeness (QED) is 0.669. The van der Waals surface area contributed by atoms with Crippen molar-refractivity contribution in [2.24, 2.45) is 0 Å². The molecule has 3 heterocycles. The lowest BCUT2D eigenvalue weighted by molar-refractivity contribution is -0.274. The van der Waals surface area contributed by atoms with Crippen molar-refractivity contribution in [2.75, 3.05) is 32.7 Å². The van der Waals surface area contributed by atoms with Crippen molar-refractivity contribution >= 4 is 11.6 Å². The van der Waals surface area contributed by atoms with Crippen LogP contribution in [0.25, 0.3) is 5.65 Å². The molecule has 4 rings (SSSR count). The van der Waals surface area contributed by atoms with Gasteiger partial charge in [-0.05, 0) is 29.8 Å². The van der Waals surface area contributed by atoms with Crippen LogP contribution in [0.5, 0.6) is 5.75 Å². The van der Waals surface area contributed by atoms with E-state index in [1.807, 2.05) is 11.1 Å². The molecule has 164 valence electrons. The summed E-state index contributed by atoms with van der Waals surface area (Å²) in [5.41, 5.74) is 1.66. The van der Waals surface area contributed by atoms with Gasteiger partial charge in [0.25, 0.3) is 5.91 Å². The van der Waals surface area contributed by atoms with Gasteiger partial charge in [0.05, 0.1) is 11.7 Å². The van der Waals surface area contributed by atoms with E-state index in [0.717, 1.165) is 0 Å². The summed E-state index contributed by atoms with van der Waals surface area (Å²) in [5.74, 6) is -0.416. The Balaban J connectivity index is 1.32. The number of imidazole rings is 1. The molecule has 1 N–H and O–H groups in total. The van der Waals surface area contributed by atoms with Crippen LogP contribution in [-0.4, -0.2) is 69.3 Å². The number of ether oxygens (including phenoxy) is 1. The molecule has 1 fully saturated rings. The van der Waals surface area contributed by atoms with Gasteiger partial charge in [-0.3, -0.25) is 9.69 Å². The lowest BCUT2D eigenvalue weighted by Crippen LogP contribution is -2.49. The molecule has 0 aliphatic carbocycles. The van der Waals surface area contributed by atoms with E-state index in [0.29, 0.717) is 49.5 Å². The number of hydrogen-bond acceptors (Lipinski definition) is 5. The zero-order valence-corrected chi connectivity index (χ0v) is 16.5. The third-order valence-electron chi connectivity index (χ3n) is 5.24. The maximum Gasteiger partial charge on any atom is 0.573 e. The summed E-state index contributed by atoms with van der Waals surface area (Å²) < 4.78 is 42.4. The van der Waals surface area contributed by atoms with Crippen LogP contribution in [0.4, 0.5) is 13.2 Å². The molecule has 1 aliphatic heterocycles. The fraction of sp³-hybridized carbons (Fsp3) is 0.333. The van der Waals surface area contributed by atoms with E-state index in [1.165, 1.54) is 24.3 Å². The molecule has 10 heteroatoms. The molecule has 2 aromatic heterocycles. The smallest absolute Gasteiger partial charge is 0.406 e. The molecular formula is C21H21F3N4O3. The number of aromatic nitrogens is 2. The van der Waals surface area contributed by atoms with E-state index in [-0.39, 0.29) is 11.7 Å². The Morgan fingerprint density at radius 2 is 1.81 bits per heavy atom.